The van der Waals surface area contributed by atoms with Crippen LogP contribution in [-0.2, 0) is 11.2 Å². The molecular formula is C15H15BrN2O2. The number of benzene rings is 1. The van der Waals surface area contributed by atoms with Crippen molar-refractivity contribution in [3.05, 3.63) is 52.8 Å². The maximum Gasteiger partial charge on any atom is 0.224 e. The average Bonchev–Trinajstić information content (AvgIpc) is 2.48. The highest BCUT2D eigenvalue weighted by Crippen LogP contribution is 2.20. The molecule has 1 aromatic heterocycles. The van der Waals surface area contributed by atoms with Gasteiger partial charge in [0.25, 0.3) is 0 Å². The zero-order valence-corrected chi connectivity index (χ0v) is 12.7. The summed E-state index contributed by atoms with van der Waals surface area (Å²) in [6, 6.07) is 9.48. The number of halogens is 1. The van der Waals surface area contributed by atoms with Crippen LogP contribution in [-0.4, -0.2) is 18.0 Å². The lowest BCUT2D eigenvalue weighted by molar-refractivity contribution is -0.116. The Bertz CT molecular complexity index is 585. The molecule has 0 aliphatic rings. The van der Waals surface area contributed by atoms with E-state index in [0.717, 1.165) is 21.5 Å². The lowest BCUT2D eigenvalue weighted by Gasteiger charge is -2.07. The largest absolute Gasteiger partial charge is 0.497 e. The fraction of sp³-hybridized carbons (Fsp3) is 0.200. The third-order valence-corrected chi connectivity index (χ3v) is 3.48. The summed E-state index contributed by atoms with van der Waals surface area (Å²) >= 11 is 3.35. The molecule has 104 valence electrons. The van der Waals surface area contributed by atoms with Crippen LogP contribution in [0.25, 0.3) is 0 Å². The first kappa shape index (κ1) is 14.5. The van der Waals surface area contributed by atoms with Gasteiger partial charge in [-0.2, -0.15) is 0 Å². The second kappa shape index (κ2) is 7.05. The Morgan fingerprint density at radius 2 is 2.05 bits per heavy atom. The molecule has 1 heterocycles. The summed E-state index contributed by atoms with van der Waals surface area (Å²) in [6.45, 7) is 0. The smallest absolute Gasteiger partial charge is 0.224 e. The average molecular weight is 335 g/mol. The summed E-state index contributed by atoms with van der Waals surface area (Å²) in [4.78, 5) is 15.8. The molecule has 0 bridgehead atoms. The Labute approximate surface area is 126 Å². The number of hydrogen-bond donors (Lipinski definition) is 1. The molecule has 0 unspecified atom stereocenters. The van der Waals surface area contributed by atoms with Crippen molar-refractivity contribution >= 4 is 27.5 Å². The van der Waals surface area contributed by atoms with Gasteiger partial charge >= 0.3 is 0 Å². The summed E-state index contributed by atoms with van der Waals surface area (Å²) < 4.78 is 5.87. The van der Waals surface area contributed by atoms with Gasteiger partial charge in [-0.25, -0.2) is 0 Å². The molecule has 0 saturated heterocycles. The lowest BCUT2D eigenvalue weighted by Crippen LogP contribution is -2.12. The first-order valence-corrected chi connectivity index (χ1v) is 7.00. The van der Waals surface area contributed by atoms with Crippen molar-refractivity contribution in [2.75, 3.05) is 12.4 Å². The number of carbonyl (C=O) groups excluding carboxylic acids is 1. The van der Waals surface area contributed by atoms with Gasteiger partial charge in [0.2, 0.25) is 5.91 Å². The summed E-state index contributed by atoms with van der Waals surface area (Å²) in [5.41, 5.74) is 1.84. The van der Waals surface area contributed by atoms with E-state index in [9.17, 15) is 4.79 Å². The van der Waals surface area contributed by atoms with Gasteiger partial charge in [-0.15, -0.1) is 0 Å². The number of methoxy groups -OCH3 is 1. The highest BCUT2D eigenvalue weighted by atomic mass is 79.9. The number of nitrogens with one attached hydrogen (secondary N) is 1. The van der Waals surface area contributed by atoms with Gasteiger partial charge < -0.3 is 10.1 Å². The predicted octanol–water partition coefficient (Wildman–Crippen LogP) is 3.42. The first-order chi connectivity index (χ1) is 9.69. The Morgan fingerprint density at radius 3 is 2.70 bits per heavy atom. The van der Waals surface area contributed by atoms with Crippen molar-refractivity contribution in [2.45, 2.75) is 12.8 Å². The molecule has 1 amide bonds. The number of carbonyl (C=O) groups is 1. The zero-order valence-electron chi connectivity index (χ0n) is 11.1. The molecular weight excluding hydrogens is 320 g/mol. The fourth-order valence-corrected chi connectivity index (χ4v) is 2.09. The number of nitrogens with zero attached hydrogens (tertiary/aromatic N) is 1. The maximum absolute atomic E-state index is 11.9. The Balaban J connectivity index is 1.87. The number of rotatable bonds is 5. The van der Waals surface area contributed by atoms with Crippen LogP contribution < -0.4 is 10.1 Å². The molecule has 0 radical (unpaired) electrons. The number of pyridine rings is 1. The summed E-state index contributed by atoms with van der Waals surface area (Å²) in [7, 11) is 1.63. The first-order valence-electron chi connectivity index (χ1n) is 6.21. The summed E-state index contributed by atoms with van der Waals surface area (Å²) in [5, 5.41) is 2.85. The van der Waals surface area contributed by atoms with Crippen LogP contribution in [0.2, 0.25) is 0 Å². The molecule has 0 spiro atoms. The minimum Gasteiger partial charge on any atom is -0.497 e. The predicted molar refractivity (Wildman–Crippen MR) is 81.9 cm³/mol. The third-order valence-electron chi connectivity index (χ3n) is 2.85. The van der Waals surface area contributed by atoms with E-state index in [-0.39, 0.29) is 5.91 Å². The van der Waals surface area contributed by atoms with Crippen molar-refractivity contribution < 1.29 is 9.53 Å². The SMILES string of the molecule is COc1ccc(CCC(=O)Nc2ccncc2Br)cc1. The van der Waals surface area contributed by atoms with Crippen molar-refractivity contribution in [1.29, 1.82) is 0 Å². The molecule has 5 heteroatoms. The number of hydrogen-bond acceptors (Lipinski definition) is 3. The fourth-order valence-electron chi connectivity index (χ4n) is 1.74. The molecule has 0 aliphatic carbocycles. The van der Waals surface area contributed by atoms with Crippen LogP contribution in [0.4, 0.5) is 5.69 Å². The standard InChI is InChI=1S/C15H15BrN2O2/c1-20-12-5-2-11(3-6-12)4-7-15(19)18-14-8-9-17-10-13(14)16/h2-3,5-6,8-10H,4,7H2,1H3,(H,17,18,19). The Hall–Kier alpha value is -1.88. The number of aromatic nitrogens is 1. The molecule has 0 fully saturated rings. The second-order valence-corrected chi connectivity index (χ2v) is 5.11. The van der Waals surface area contributed by atoms with E-state index in [4.69, 9.17) is 4.74 Å². The number of aryl methyl sites for hydroxylation is 1. The van der Waals surface area contributed by atoms with Crippen LogP contribution in [0.15, 0.2) is 47.2 Å². The molecule has 0 aliphatic heterocycles. The summed E-state index contributed by atoms with van der Waals surface area (Å²) in [6.07, 6.45) is 4.42. The van der Waals surface area contributed by atoms with Gasteiger partial charge in [-0.3, -0.25) is 9.78 Å². The Kier molecular flexibility index (Phi) is 5.12. The van der Waals surface area contributed by atoms with Gasteiger partial charge in [-0.1, -0.05) is 12.1 Å². The van der Waals surface area contributed by atoms with Crippen molar-refractivity contribution in [2.24, 2.45) is 0 Å². The molecule has 0 saturated carbocycles. The van der Waals surface area contributed by atoms with Crippen molar-refractivity contribution in [3.8, 4) is 5.75 Å². The minimum absolute atomic E-state index is 0.0206. The van der Waals surface area contributed by atoms with E-state index in [1.54, 1.807) is 25.6 Å². The monoisotopic (exact) mass is 334 g/mol. The van der Waals surface area contributed by atoms with E-state index in [2.05, 4.69) is 26.2 Å². The Morgan fingerprint density at radius 1 is 1.30 bits per heavy atom. The van der Waals surface area contributed by atoms with E-state index < -0.39 is 0 Å². The maximum atomic E-state index is 11.9. The van der Waals surface area contributed by atoms with Crippen LogP contribution in [0.3, 0.4) is 0 Å². The van der Waals surface area contributed by atoms with E-state index in [1.165, 1.54) is 0 Å². The molecule has 2 aromatic rings. The van der Waals surface area contributed by atoms with Crippen LogP contribution in [0, 0.1) is 0 Å². The zero-order chi connectivity index (χ0) is 14.4. The minimum atomic E-state index is -0.0206. The number of anilines is 1. The molecule has 2 rings (SSSR count). The normalized spacial score (nSPS) is 10.1. The summed E-state index contributed by atoms with van der Waals surface area (Å²) in [5.74, 6) is 0.798. The highest BCUT2D eigenvalue weighted by molar-refractivity contribution is 9.10. The van der Waals surface area contributed by atoms with Gasteiger partial charge in [-0.05, 0) is 46.1 Å². The lowest BCUT2D eigenvalue weighted by atomic mass is 10.1. The molecule has 1 aromatic carbocycles. The van der Waals surface area contributed by atoms with Gasteiger partial charge in [0, 0.05) is 18.8 Å². The topological polar surface area (TPSA) is 51.2 Å². The highest BCUT2D eigenvalue weighted by Gasteiger charge is 2.06. The van der Waals surface area contributed by atoms with Crippen LogP contribution in [0.5, 0.6) is 5.75 Å². The number of ether oxygens (including phenoxy) is 1. The molecule has 0 atom stereocenters. The van der Waals surface area contributed by atoms with Gasteiger partial charge in [0.05, 0.1) is 17.3 Å². The molecule has 4 nitrogen and oxygen atoms in total. The van der Waals surface area contributed by atoms with Crippen molar-refractivity contribution in [3.63, 3.8) is 0 Å². The van der Waals surface area contributed by atoms with Crippen molar-refractivity contribution in [1.82, 2.24) is 4.98 Å². The van der Waals surface area contributed by atoms with E-state index >= 15 is 0 Å². The molecule has 1 N–H and O–H groups in total. The van der Waals surface area contributed by atoms with E-state index in [1.807, 2.05) is 24.3 Å². The second-order valence-electron chi connectivity index (χ2n) is 4.25. The van der Waals surface area contributed by atoms with Gasteiger partial charge in [0.1, 0.15) is 5.75 Å². The third kappa shape index (κ3) is 4.06. The van der Waals surface area contributed by atoms with E-state index in [0.29, 0.717) is 12.8 Å². The van der Waals surface area contributed by atoms with Crippen LogP contribution in [0.1, 0.15) is 12.0 Å². The quantitative estimate of drug-likeness (QED) is 0.911. The number of amides is 1. The van der Waals surface area contributed by atoms with Crippen LogP contribution >= 0.6 is 15.9 Å². The molecule has 20 heavy (non-hydrogen) atoms. The van der Waals surface area contributed by atoms with Gasteiger partial charge in [0.15, 0.2) is 0 Å².